The summed E-state index contributed by atoms with van der Waals surface area (Å²) in [6, 6.07) is 0. The Labute approximate surface area is 131 Å². The van der Waals surface area contributed by atoms with Crippen LogP contribution >= 0.6 is 0 Å². The van der Waals surface area contributed by atoms with E-state index in [1.807, 2.05) is 0 Å². The number of aliphatic hydroxyl groups is 2. The molecule has 0 unspecified atom stereocenters. The van der Waals surface area contributed by atoms with E-state index in [9.17, 15) is 18.6 Å². The number of imidazole rings is 1. The second kappa shape index (κ2) is 5.67. The molecule has 1 aliphatic heterocycles. The molecule has 126 valence electrons. The largest absolute Gasteiger partial charge is 0.388 e. The third kappa shape index (κ3) is 3.00. The molecule has 4 atom stereocenters. The van der Waals surface area contributed by atoms with Gasteiger partial charge < -0.3 is 20.7 Å². The highest BCUT2D eigenvalue weighted by Crippen LogP contribution is 2.33. The Bertz CT molecular complexity index is 822. The molecular formula is C12H17N5O5S. The molecule has 2 aromatic heterocycles. The SMILES string of the molecule is CS(=O)(=O)CC[C@H]1O[C@@H](n2cnc3c(N)ncnc32)[C@H](O)[C@@H]1O. The first-order chi connectivity index (χ1) is 10.8. The average Bonchev–Trinajstić information content (AvgIpc) is 3.01. The fraction of sp³-hybridized carbons (Fsp3) is 0.583. The Balaban J connectivity index is 1.86. The van der Waals surface area contributed by atoms with Crippen LogP contribution in [0.4, 0.5) is 5.82 Å². The minimum absolute atomic E-state index is 0.0807. The first-order valence-corrected chi connectivity index (χ1v) is 8.96. The van der Waals surface area contributed by atoms with E-state index in [1.54, 1.807) is 0 Å². The average molecular weight is 343 g/mol. The Morgan fingerprint density at radius 3 is 2.74 bits per heavy atom. The van der Waals surface area contributed by atoms with E-state index >= 15 is 0 Å². The van der Waals surface area contributed by atoms with Crippen molar-refractivity contribution < 1.29 is 23.4 Å². The Kier molecular flexibility index (Phi) is 3.96. The van der Waals surface area contributed by atoms with E-state index in [2.05, 4.69) is 15.0 Å². The molecule has 3 heterocycles. The van der Waals surface area contributed by atoms with Gasteiger partial charge in [0.15, 0.2) is 17.7 Å². The molecule has 2 aromatic rings. The van der Waals surface area contributed by atoms with Crippen LogP contribution in [0, 0.1) is 0 Å². The van der Waals surface area contributed by atoms with Gasteiger partial charge in [0.25, 0.3) is 0 Å². The normalized spacial score (nSPS) is 28.5. The van der Waals surface area contributed by atoms with Gasteiger partial charge in [-0.15, -0.1) is 0 Å². The monoisotopic (exact) mass is 343 g/mol. The number of ether oxygens (including phenoxy) is 1. The summed E-state index contributed by atoms with van der Waals surface area (Å²) >= 11 is 0. The Morgan fingerprint density at radius 2 is 2.04 bits per heavy atom. The van der Waals surface area contributed by atoms with E-state index in [0.29, 0.717) is 11.2 Å². The number of hydrogen-bond acceptors (Lipinski definition) is 9. The van der Waals surface area contributed by atoms with Gasteiger partial charge in [-0.1, -0.05) is 0 Å². The quantitative estimate of drug-likeness (QED) is 0.599. The van der Waals surface area contributed by atoms with Crippen LogP contribution in [0.15, 0.2) is 12.7 Å². The van der Waals surface area contributed by atoms with Gasteiger partial charge in [-0.2, -0.15) is 0 Å². The number of nitrogens with two attached hydrogens (primary N) is 1. The lowest BCUT2D eigenvalue weighted by Crippen LogP contribution is -2.32. The third-order valence-electron chi connectivity index (χ3n) is 3.77. The lowest BCUT2D eigenvalue weighted by Gasteiger charge is -2.16. The van der Waals surface area contributed by atoms with Crippen molar-refractivity contribution in [3.63, 3.8) is 0 Å². The number of aliphatic hydroxyl groups excluding tert-OH is 2. The molecule has 0 bridgehead atoms. The maximum Gasteiger partial charge on any atom is 0.167 e. The van der Waals surface area contributed by atoms with E-state index in [1.165, 1.54) is 17.2 Å². The topological polar surface area (TPSA) is 153 Å². The van der Waals surface area contributed by atoms with Crippen LogP contribution in [0.25, 0.3) is 11.2 Å². The zero-order valence-electron chi connectivity index (χ0n) is 12.3. The highest BCUT2D eigenvalue weighted by atomic mass is 32.2. The van der Waals surface area contributed by atoms with E-state index in [0.717, 1.165) is 6.26 Å². The standard InChI is InChI=1S/C12H17N5O5S/c1-23(20,21)3-2-6-8(18)9(19)12(22-6)17-5-16-7-10(13)14-4-15-11(7)17/h4-6,8-9,12,18-19H,2-3H2,1H3,(H2,13,14,15)/t6-,8-,9-,12-/m1/s1. The maximum absolute atomic E-state index is 11.3. The fourth-order valence-electron chi connectivity index (χ4n) is 2.58. The summed E-state index contributed by atoms with van der Waals surface area (Å²) in [5, 5.41) is 20.3. The van der Waals surface area contributed by atoms with Crippen molar-refractivity contribution in [2.75, 3.05) is 17.7 Å². The van der Waals surface area contributed by atoms with Crippen LogP contribution in [0.1, 0.15) is 12.6 Å². The van der Waals surface area contributed by atoms with Gasteiger partial charge >= 0.3 is 0 Å². The van der Waals surface area contributed by atoms with Gasteiger partial charge in [-0.25, -0.2) is 23.4 Å². The van der Waals surface area contributed by atoms with Crippen molar-refractivity contribution in [3.05, 3.63) is 12.7 Å². The zero-order valence-corrected chi connectivity index (χ0v) is 13.1. The number of sulfone groups is 1. The van der Waals surface area contributed by atoms with Crippen molar-refractivity contribution in [1.82, 2.24) is 19.5 Å². The predicted molar refractivity (Wildman–Crippen MR) is 80.0 cm³/mol. The van der Waals surface area contributed by atoms with Gasteiger partial charge in [0, 0.05) is 6.26 Å². The predicted octanol–water partition coefficient (Wildman–Crippen LogP) is -1.54. The van der Waals surface area contributed by atoms with E-state index in [-0.39, 0.29) is 18.0 Å². The second-order valence-electron chi connectivity index (χ2n) is 5.55. The Morgan fingerprint density at radius 1 is 1.30 bits per heavy atom. The van der Waals surface area contributed by atoms with E-state index in [4.69, 9.17) is 10.5 Å². The van der Waals surface area contributed by atoms with Crippen molar-refractivity contribution in [1.29, 1.82) is 0 Å². The molecule has 0 spiro atoms. The molecule has 0 aliphatic carbocycles. The van der Waals surface area contributed by atoms with Crippen molar-refractivity contribution in [3.8, 4) is 0 Å². The van der Waals surface area contributed by atoms with Crippen LogP contribution in [-0.4, -0.2) is 68.5 Å². The van der Waals surface area contributed by atoms with Crippen LogP contribution in [0.3, 0.4) is 0 Å². The lowest BCUT2D eigenvalue weighted by molar-refractivity contribution is -0.0353. The number of nitrogen functional groups attached to an aromatic ring is 1. The van der Waals surface area contributed by atoms with Gasteiger partial charge in [-0.3, -0.25) is 4.57 Å². The molecule has 1 saturated heterocycles. The summed E-state index contributed by atoms with van der Waals surface area (Å²) in [6.45, 7) is 0. The summed E-state index contributed by atoms with van der Waals surface area (Å²) in [4.78, 5) is 12.0. The Hall–Kier alpha value is -1.82. The minimum atomic E-state index is -3.19. The van der Waals surface area contributed by atoms with E-state index < -0.39 is 34.4 Å². The van der Waals surface area contributed by atoms with Crippen LogP contribution in [-0.2, 0) is 14.6 Å². The maximum atomic E-state index is 11.3. The molecule has 0 radical (unpaired) electrons. The van der Waals surface area contributed by atoms with Crippen molar-refractivity contribution >= 4 is 26.8 Å². The molecule has 11 heteroatoms. The number of hydrogen-bond donors (Lipinski definition) is 3. The lowest BCUT2D eigenvalue weighted by atomic mass is 10.1. The third-order valence-corrected chi connectivity index (χ3v) is 4.75. The zero-order chi connectivity index (χ0) is 16.8. The van der Waals surface area contributed by atoms with Crippen LogP contribution in [0.2, 0.25) is 0 Å². The van der Waals surface area contributed by atoms with Crippen molar-refractivity contribution in [2.24, 2.45) is 0 Å². The first-order valence-electron chi connectivity index (χ1n) is 6.90. The molecule has 4 N–H and O–H groups in total. The number of rotatable bonds is 4. The van der Waals surface area contributed by atoms with Crippen molar-refractivity contribution in [2.45, 2.75) is 31.0 Å². The minimum Gasteiger partial charge on any atom is -0.388 e. The summed E-state index contributed by atoms with van der Waals surface area (Å²) in [7, 11) is -3.19. The number of aromatic nitrogens is 4. The summed E-state index contributed by atoms with van der Waals surface area (Å²) in [5.41, 5.74) is 6.42. The highest BCUT2D eigenvalue weighted by Gasteiger charge is 2.44. The van der Waals surface area contributed by atoms with Crippen LogP contribution < -0.4 is 5.73 Å². The van der Waals surface area contributed by atoms with Gasteiger partial charge in [0.1, 0.15) is 33.9 Å². The van der Waals surface area contributed by atoms with Gasteiger partial charge in [0.05, 0.1) is 18.2 Å². The number of nitrogens with zero attached hydrogens (tertiary/aromatic N) is 4. The summed E-state index contributed by atoms with van der Waals surface area (Å²) < 4.78 is 29.6. The highest BCUT2D eigenvalue weighted by molar-refractivity contribution is 7.90. The summed E-state index contributed by atoms with van der Waals surface area (Å²) in [6.07, 6.45) is -0.367. The molecule has 1 fully saturated rings. The molecule has 3 rings (SSSR count). The smallest absolute Gasteiger partial charge is 0.167 e. The van der Waals surface area contributed by atoms with Crippen LogP contribution in [0.5, 0.6) is 0 Å². The fourth-order valence-corrected chi connectivity index (χ4v) is 3.24. The molecule has 1 aliphatic rings. The van der Waals surface area contributed by atoms with Gasteiger partial charge in [-0.05, 0) is 6.42 Å². The molecule has 0 saturated carbocycles. The van der Waals surface area contributed by atoms with Gasteiger partial charge in [0.2, 0.25) is 0 Å². The molecule has 10 nitrogen and oxygen atoms in total. The number of fused-ring (bicyclic) bond motifs is 1. The first kappa shape index (κ1) is 16.1. The second-order valence-corrected chi connectivity index (χ2v) is 7.81. The molecular weight excluding hydrogens is 326 g/mol. The molecule has 0 aromatic carbocycles. The molecule has 0 amide bonds. The molecule has 23 heavy (non-hydrogen) atoms. The summed E-state index contributed by atoms with van der Waals surface area (Å²) in [5.74, 6) is 0.0453. The number of anilines is 1.